The molecule has 0 atom stereocenters. The van der Waals surface area contributed by atoms with E-state index in [4.69, 9.17) is 4.98 Å². The minimum absolute atomic E-state index is 0. The molecule has 4 aromatic rings. The fourth-order valence-corrected chi connectivity index (χ4v) is 6.39. The van der Waals surface area contributed by atoms with Crippen molar-refractivity contribution in [2.24, 2.45) is 5.92 Å². The van der Waals surface area contributed by atoms with Crippen LogP contribution >= 0.6 is 0 Å². The molecule has 0 aliphatic heterocycles. The van der Waals surface area contributed by atoms with Crippen LogP contribution in [0.15, 0.2) is 48.5 Å². The maximum absolute atomic E-state index is 5.29. The van der Waals surface area contributed by atoms with Crippen LogP contribution in [0.2, 0.25) is 0 Å². The zero-order chi connectivity index (χ0) is 22.7. The van der Waals surface area contributed by atoms with Gasteiger partial charge < -0.3 is 4.57 Å². The average molecular weight is 626 g/mol. The summed E-state index contributed by atoms with van der Waals surface area (Å²) >= 11 is 0. The summed E-state index contributed by atoms with van der Waals surface area (Å²) in [6.07, 6.45) is 6.46. The monoisotopic (exact) mass is 626 g/mol. The van der Waals surface area contributed by atoms with Gasteiger partial charge in [-0.3, -0.25) is 4.98 Å². The van der Waals surface area contributed by atoms with Gasteiger partial charge in [0.1, 0.15) is 0 Å². The minimum atomic E-state index is 0. The van der Waals surface area contributed by atoms with E-state index in [1.807, 2.05) is 0 Å². The topological polar surface area (TPSA) is 17.8 Å². The van der Waals surface area contributed by atoms with E-state index in [1.54, 1.807) is 11.1 Å². The summed E-state index contributed by atoms with van der Waals surface area (Å²) in [7, 11) is 0. The van der Waals surface area contributed by atoms with Crippen LogP contribution < -0.4 is 0 Å². The van der Waals surface area contributed by atoms with Gasteiger partial charge in [-0.2, -0.15) is 0 Å². The maximum Gasteiger partial charge on any atom is 0.0777 e. The normalized spacial score (nSPS) is 18.9. The van der Waals surface area contributed by atoms with Crippen LogP contribution in [0, 0.1) is 25.8 Å². The molecule has 1 heterocycles. The molecular formula is C31H33IrN2-. The Balaban J connectivity index is 0.00000241. The second kappa shape index (κ2) is 9.10. The minimum Gasteiger partial charge on any atom is -0.333 e. The second-order valence-corrected chi connectivity index (χ2v) is 10.7. The van der Waals surface area contributed by atoms with E-state index in [1.165, 1.54) is 53.6 Å². The third-order valence-corrected chi connectivity index (χ3v) is 7.88. The van der Waals surface area contributed by atoms with E-state index < -0.39 is 0 Å². The van der Waals surface area contributed by atoms with Gasteiger partial charge in [0.2, 0.25) is 0 Å². The Labute approximate surface area is 217 Å². The van der Waals surface area contributed by atoms with Crippen molar-refractivity contribution in [3.8, 4) is 17.1 Å². The third-order valence-electron chi connectivity index (χ3n) is 7.88. The maximum atomic E-state index is 5.29. The third kappa shape index (κ3) is 3.88. The van der Waals surface area contributed by atoms with Crippen molar-refractivity contribution < 1.29 is 20.1 Å². The van der Waals surface area contributed by atoms with Crippen molar-refractivity contribution in [1.82, 2.24) is 9.55 Å². The standard InChI is InChI=1S/C31H33N2.Ir/c1-19(2)15-22-9-6-10-25(16-22)31-32-28-17-26-23-11-13-24(14-12-23)27(26)18-29(28)33(31)30-20(3)7-5-8-21(30)4;/h5-9,16-19,23-24H,11-15H2,1-4H3;/q-1;. The van der Waals surface area contributed by atoms with Crippen LogP contribution in [0.3, 0.4) is 0 Å². The predicted octanol–water partition coefficient (Wildman–Crippen LogP) is 8.06. The molecule has 3 aliphatic rings. The molecule has 7 rings (SSSR count). The summed E-state index contributed by atoms with van der Waals surface area (Å²) in [5, 5.41) is 0. The van der Waals surface area contributed by atoms with Gasteiger partial charge in [-0.1, -0.05) is 32.0 Å². The molecule has 0 spiro atoms. The summed E-state index contributed by atoms with van der Waals surface area (Å²) in [5.74, 6) is 3.09. The van der Waals surface area contributed by atoms with Gasteiger partial charge >= 0.3 is 0 Å². The summed E-state index contributed by atoms with van der Waals surface area (Å²) in [6.45, 7) is 9.00. The Morgan fingerprint density at radius 2 is 1.59 bits per heavy atom. The Kier molecular flexibility index (Phi) is 6.29. The average Bonchev–Trinajstić information content (AvgIpc) is 3.17. The molecule has 2 bridgehead atoms. The van der Waals surface area contributed by atoms with Gasteiger partial charge in [0.15, 0.2) is 0 Å². The number of hydrogen-bond acceptors (Lipinski definition) is 1. The number of imidazole rings is 1. The Hall–Kier alpha value is -2.22. The Morgan fingerprint density at radius 1 is 0.941 bits per heavy atom. The van der Waals surface area contributed by atoms with Gasteiger partial charge in [-0.25, -0.2) is 0 Å². The molecule has 34 heavy (non-hydrogen) atoms. The van der Waals surface area contributed by atoms with Crippen molar-refractivity contribution in [2.75, 3.05) is 0 Å². The van der Waals surface area contributed by atoms with Crippen LogP contribution in [0.5, 0.6) is 0 Å². The first kappa shape index (κ1) is 23.5. The number of aryl methyl sites for hydroxylation is 2. The van der Waals surface area contributed by atoms with Crippen molar-refractivity contribution in [2.45, 2.75) is 71.6 Å². The molecule has 2 nitrogen and oxygen atoms in total. The molecule has 0 saturated heterocycles. The van der Waals surface area contributed by atoms with E-state index in [0.29, 0.717) is 5.92 Å². The molecule has 3 heteroatoms. The number of nitrogens with zero attached hydrogens (tertiary/aromatic N) is 2. The van der Waals surface area contributed by atoms with Gasteiger partial charge in [-0.05, 0) is 98.1 Å². The van der Waals surface area contributed by atoms with Gasteiger partial charge in [0.05, 0.1) is 16.9 Å². The fraction of sp³-hybridized carbons (Fsp3) is 0.387. The molecule has 3 aromatic carbocycles. The molecule has 0 unspecified atom stereocenters. The predicted molar refractivity (Wildman–Crippen MR) is 137 cm³/mol. The van der Waals surface area contributed by atoms with Crippen molar-refractivity contribution in [3.05, 3.63) is 82.4 Å². The summed E-state index contributed by atoms with van der Waals surface area (Å²) < 4.78 is 2.42. The Morgan fingerprint density at radius 3 is 2.24 bits per heavy atom. The van der Waals surface area contributed by atoms with E-state index in [-0.39, 0.29) is 20.1 Å². The van der Waals surface area contributed by atoms with E-state index in [2.05, 4.69) is 86.9 Å². The van der Waals surface area contributed by atoms with E-state index in [0.717, 1.165) is 35.2 Å². The van der Waals surface area contributed by atoms with E-state index >= 15 is 0 Å². The number of fused-ring (bicyclic) bond motifs is 3. The SMILES string of the molecule is Cc1cccc(C)c1-n1c(-c2[c-]ccc(CC(C)C)c2)nc2cc3c(cc21)C1CCC3CC1.[Ir]. The molecule has 0 N–H and O–H groups in total. The van der Waals surface area contributed by atoms with Crippen molar-refractivity contribution >= 4 is 11.0 Å². The van der Waals surface area contributed by atoms with Crippen molar-refractivity contribution in [1.29, 1.82) is 0 Å². The summed E-state index contributed by atoms with van der Waals surface area (Å²) in [4.78, 5) is 5.29. The molecule has 1 saturated carbocycles. The zero-order valence-electron chi connectivity index (χ0n) is 20.6. The first-order chi connectivity index (χ1) is 16.0. The summed E-state index contributed by atoms with van der Waals surface area (Å²) in [6, 6.07) is 21.6. The van der Waals surface area contributed by atoms with Gasteiger partial charge in [0, 0.05) is 25.8 Å². The van der Waals surface area contributed by atoms with Crippen LogP contribution in [-0.4, -0.2) is 9.55 Å². The molecular weight excluding hydrogens is 593 g/mol. The number of benzene rings is 3. The van der Waals surface area contributed by atoms with Gasteiger partial charge in [-0.15, -0.1) is 35.4 Å². The summed E-state index contributed by atoms with van der Waals surface area (Å²) in [5.41, 5.74) is 11.8. The van der Waals surface area contributed by atoms with Crippen LogP contribution in [-0.2, 0) is 26.5 Å². The molecule has 0 amide bonds. The molecule has 3 aliphatic carbocycles. The fourth-order valence-electron chi connectivity index (χ4n) is 6.39. The van der Waals surface area contributed by atoms with Crippen molar-refractivity contribution in [3.63, 3.8) is 0 Å². The zero-order valence-corrected chi connectivity index (χ0v) is 23.0. The largest absolute Gasteiger partial charge is 0.333 e. The smallest absolute Gasteiger partial charge is 0.0777 e. The number of aromatic nitrogens is 2. The first-order valence-electron chi connectivity index (χ1n) is 12.6. The molecule has 1 fully saturated rings. The molecule has 1 aromatic heterocycles. The van der Waals surface area contributed by atoms with Crippen LogP contribution in [0.1, 0.15) is 79.2 Å². The quantitative estimate of drug-likeness (QED) is 0.210. The Bertz CT molecular complexity index is 1340. The molecule has 177 valence electrons. The number of rotatable bonds is 4. The molecule has 1 radical (unpaired) electrons. The van der Waals surface area contributed by atoms with E-state index in [9.17, 15) is 0 Å². The van der Waals surface area contributed by atoms with Crippen LogP contribution in [0.25, 0.3) is 28.1 Å². The second-order valence-electron chi connectivity index (χ2n) is 10.7. The van der Waals surface area contributed by atoms with Crippen LogP contribution in [0.4, 0.5) is 0 Å². The van der Waals surface area contributed by atoms with Gasteiger partial charge in [0.25, 0.3) is 0 Å². The number of hydrogen-bond donors (Lipinski definition) is 0. The first-order valence-corrected chi connectivity index (χ1v) is 12.6. The number of para-hydroxylation sites is 1.